The molecule has 0 aliphatic rings. The van der Waals surface area contributed by atoms with E-state index in [0.717, 1.165) is 15.8 Å². The smallest absolute Gasteiger partial charge is 0.337 e. The summed E-state index contributed by atoms with van der Waals surface area (Å²) >= 11 is 13.9. The molecule has 4 rings (SSSR count). The molecule has 0 spiro atoms. The number of halogens is 2. The van der Waals surface area contributed by atoms with Gasteiger partial charge in [0.25, 0.3) is 11.8 Å². The third-order valence-corrected chi connectivity index (χ3v) is 6.88. The Morgan fingerprint density at radius 1 is 1.00 bits per heavy atom. The molecule has 33 heavy (non-hydrogen) atoms. The van der Waals surface area contributed by atoms with Crippen LogP contribution >= 0.6 is 34.5 Å². The number of carbonyl (C=O) groups is 3. The van der Waals surface area contributed by atoms with Gasteiger partial charge in [-0.2, -0.15) is 0 Å². The van der Waals surface area contributed by atoms with Gasteiger partial charge in [0.05, 0.1) is 43.4 Å². The van der Waals surface area contributed by atoms with Gasteiger partial charge in [-0.1, -0.05) is 41.4 Å². The number of esters is 1. The average molecular weight is 501 g/mol. The lowest BCUT2D eigenvalue weighted by Crippen LogP contribution is -2.20. The van der Waals surface area contributed by atoms with Crippen molar-refractivity contribution in [3.8, 4) is 11.1 Å². The molecule has 0 bridgehead atoms. The van der Waals surface area contributed by atoms with Crippen LogP contribution in [0.5, 0.6) is 0 Å². The fourth-order valence-corrected chi connectivity index (χ4v) is 5.20. The summed E-state index contributed by atoms with van der Waals surface area (Å²) in [7, 11) is 4.66. The first-order valence-corrected chi connectivity index (χ1v) is 11.3. The highest BCUT2D eigenvalue weighted by Crippen LogP contribution is 2.38. The fraction of sp³-hybridized carbons (Fsp3) is 0.125. The molecule has 0 aliphatic carbocycles. The van der Waals surface area contributed by atoms with Crippen molar-refractivity contribution in [2.24, 2.45) is 0 Å². The number of nitrogens with zero attached hydrogens (tertiary/aromatic N) is 2. The molecule has 168 valence electrons. The Hall–Kier alpha value is -3.13. The van der Waals surface area contributed by atoms with Gasteiger partial charge in [-0.15, -0.1) is 11.3 Å². The lowest BCUT2D eigenvalue weighted by molar-refractivity contribution is 0.0600. The molecular formula is C24H18Cl2N2O4S. The number of aromatic nitrogens is 1. The fourth-order valence-electron chi connectivity index (χ4n) is 3.44. The molecule has 6 nitrogen and oxygen atoms in total. The topological polar surface area (TPSA) is 68.6 Å². The number of benzene rings is 2. The zero-order valence-electron chi connectivity index (χ0n) is 17.9. The number of hydrogen-bond acceptors (Lipinski definition) is 5. The van der Waals surface area contributed by atoms with Crippen LogP contribution in [0.1, 0.15) is 30.4 Å². The first kappa shape index (κ1) is 23.0. The molecule has 0 unspecified atom stereocenters. The maximum atomic E-state index is 13.5. The van der Waals surface area contributed by atoms with Gasteiger partial charge in [0.15, 0.2) is 0 Å². The van der Waals surface area contributed by atoms with Crippen molar-refractivity contribution in [1.82, 2.24) is 9.47 Å². The highest BCUT2D eigenvalue weighted by molar-refractivity contribution is 7.21. The molecule has 0 N–H and O–H groups in total. The molecule has 0 atom stereocenters. The van der Waals surface area contributed by atoms with Crippen molar-refractivity contribution < 1.29 is 19.1 Å². The van der Waals surface area contributed by atoms with Gasteiger partial charge in [-0.05, 0) is 35.9 Å². The molecule has 4 aromatic rings. The number of fused-ring (bicyclic) bond motifs is 1. The van der Waals surface area contributed by atoms with E-state index in [2.05, 4.69) is 0 Å². The maximum absolute atomic E-state index is 13.5. The molecule has 0 saturated carbocycles. The predicted octanol–water partition coefficient (Wildman–Crippen LogP) is 5.85. The minimum atomic E-state index is -0.442. The average Bonchev–Trinajstić information content (AvgIpc) is 3.37. The number of ether oxygens (including phenoxy) is 1. The molecule has 2 aromatic heterocycles. The van der Waals surface area contributed by atoms with E-state index in [1.807, 2.05) is 0 Å². The van der Waals surface area contributed by atoms with E-state index in [1.165, 1.54) is 27.9 Å². The Balaban J connectivity index is 1.91. The van der Waals surface area contributed by atoms with Crippen molar-refractivity contribution >= 4 is 62.5 Å². The number of rotatable bonds is 4. The second kappa shape index (κ2) is 9.02. The Morgan fingerprint density at radius 2 is 1.64 bits per heavy atom. The summed E-state index contributed by atoms with van der Waals surface area (Å²) in [6.07, 6.45) is 1.69. The predicted molar refractivity (Wildman–Crippen MR) is 131 cm³/mol. The molecule has 9 heteroatoms. The third-order valence-electron chi connectivity index (χ3n) is 5.10. The van der Waals surface area contributed by atoms with Crippen LogP contribution in [0.25, 0.3) is 21.3 Å². The van der Waals surface area contributed by atoms with E-state index in [9.17, 15) is 14.4 Å². The van der Waals surface area contributed by atoms with Gasteiger partial charge in [0.1, 0.15) is 0 Å². The number of amides is 1. The number of carbonyl (C=O) groups excluding carboxylic acids is 3. The molecule has 0 saturated heterocycles. The van der Waals surface area contributed by atoms with Crippen LogP contribution in [-0.4, -0.2) is 48.5 Å². The van der Waals surface area contributed by atoms with Crippen LogP contribution in [0.15, 0.2) is 54.7 Å². The van der Waals surface area contributed by atoms with Crippen molar-refractivity contribution in [3.63, 3.8) is 0 Å². The van der Waals surface area contributed by atoms with Crippen LogP contribution in [0.4, 0.5) is 0 Å². The van der Waals surface area contributed by atoms with E-state index < -0.39 is 11.9 Å². The molecular weight excluding hydrogens is 483 g/mol. The minimum absolute atomic E-state index is 0.169. The van der Waals surface area contributed by atoms with E-state index in [0.29, 0.717) is 16.0 Å². The lowest BCUT2D eigenvalue weighted by Gasteiger charge is -2.09. The van der Waals surface area contributed by atoms with E-state index in [4.69, 9.17) is 27.9 Å². The second-order valence-electron chi connectivity index (χ2n) is 7.41. The van der Waals surface area contributed by atoms with Crippen molar-refractivity contribution in [3.05, 3.63) is 80.8 Å². The summed E-state index contributed by atoms with van der Waals surface area (Å²) in [6.45, 7) is 0. The Morgan fingerprint density at radius 3 is 2.21 bits per heavy atom. The first-order valence-electron chi connectivity index (χ1n) is 9.77. The molecule has 0 fully saturated rings. The Kier molecular flexibility index (Phi) is 6.30. The molecule has 1 amide bonds. The number of hydrogen-bond donors (Lipinski definition) is 0. The monoisotopic (exact) mass is 500 g/mol. The summed E-state index contributed by atoms with van der Waals surface area (Å²) in [5.74, 6) is -1.02. The van der Waals surface area contributed by atoms with E-state index in [1.54, 1.807) is 68.8 Å². The maximum Gasteiger partial charge on any atom is 0.337 e. The van der Waals surface area contributed by atoms with Gasteiger partial charge in [-0.25, -0.2) is 4.79 Å². The van der Waals surface area contributed by atoms with Gasteiger partial charge in [0.2, 0.25) is 0 Å². The van der Waals surface area contributed by atoms with Crippen molar-refractivity contribution in [1.29, 1.82) is 0 Å². The number of thiophene rings is 1. The second-order valence-corrected chi connectivity index (χ2v) is 9.27. The summed E-state index contributed by atoms with van der Waals surface area (Å²) in [5, 5.41) is 0.469. The standard InChI is InChI=1S/C24H18Cl2N2O4S/c1-27(2)22(29)19-11-18-21(33-19)15(13-7-9-14(10-8-13)24(31)32-3)12-28(18)23(30)20-16(25)5-4-6-17(20)26/h4-12H,1-3H3. The Labute approximate surface area is 203 Å². The van der Waals surface area contributed by atoms with Crippen LogP contribution in [0.3, 0.4) is 0 Å². The zero-order chi connectivity index (χ0) is 23.9. The van der Waals surface area contributed by atoms with E-state index in [-0.39, 0.29) is 21.5 Å². The highest BCUT2D eigenvalue weighted by Gasteiger charge is 2.24. The molecule has 0 radical (unpaired) electrons. The van der Waals surface area contributed by atoms with Gasteiger partial charge >= 0.3 is 5.97 Å². The summed E-state index contributed by atoms with van der Waals surface area (Å²) in [6, 6.07) is 13.4. The van der Waals surface area contributed by atoms with Crippen molar-refractivity contribution in [2.75, 3.05) is 21.2 Å². The SMILES string of the molecule is COC(=O)c1ccc(-c2cn(C(=O)c3c(Cl)cccc3Cl)c3cc(C(=O)N(C)C)sc23)cc1. The summed E-state index contributed by atoms with van der Waals surface area (Å²) < 4.78 is 6.96. The van der Waals surface area contributed by atoms with Gasteiger partial charge in [-0.3, -0.25) is 14.2 Å². The van der Waals surface area contributed by atoms with Crippen LogP contribution < -0.4 is 0 Å². The van der Waals surface area contributed by atoms with Gasteiger partial charge < -0.3 is 9.64 Å². The van der Waals surface area contributed by atoms with Gasteiger partial charge in [0, 0.05) is 25.9 Å². The summed E-state index contributed by atoms with van der Waals surface area (Å²) in [5.41, 5.74) is 2.66. The largest absolute Gasteiger partial charge is 0.465 e. The molecule has 2 heterocycles. The molecule has 0 aliphatic heterocycles. The van der Waals surface area contributed by atoms with Crippen molar-refractivity contribution in [2.45, 2.75) is 0 Å². The minimum Gasteiger partial charge on any atom is -0.465 e. The number of methoxy groups -OCH3 is 1. The zero-order valence-corrected chi connectivity index (χ0v) is 20.2. The lowest BCUT2D eigenvalue weighted by atomic mass is 10.1. The third kappa shape index (κ3) is 4.15. The first-order chi connectivity index (χ1) is 15.7. The highest BCUT2D eigenvalue weighted by atomic mass is 35.5. The summed E-state index contributed by atoms with van der Waals surface area (Å²) in [4.78, 5) is 39.9. The Bertz CT molecular complexity index is 1380. The molecule has 2 aromatic carbocycles. The van der Waals surface area contributed by atoms with Crippen LogP contribution in [0.2, 0.25) is 10.0 Å². The van der Waals surface area contributed by atoms with Crippen LogP contribution in [-0.2, 0) is 4.74 Å². The normalized spacial score (nSPS) is 10.9. The van der Waals surface area contributed by atoms with E-state index >= 15 is 0 Å². The van der Waals surface area contributed by atoms with Crippen LogP contribution in [0, 0.1) is 0 Å². The quantitative estimate of drug-likeness (QED) is 0.329.